The van der Waals surface area contributed by atoms with Gasteiger partial charge in [0.1, 0.15) is 13.2 Å². The van der Waals surface area contributed by atoms with Gasteiger partial charge in [0.25, 0.3) is 0 Å². The molecule has 0 fully saturated rings. The number of benzene rings is 1. The minimum absolute atomic E-state index is 0.469. The molecule has 1 aliphatic rings. The molecule has 1 unspecified atom stereocenters. The molecule has 0 saturated carbocycles. The summed E-state index contributed by atoms with van der Waals surface area (Å²) >= 11 is 0. The zero-order chi connectivity index (χ0) is 10.8. The average molecular weight is 208 g/mol. The van der Waals surface area contributed by atoms with E-state index < -0.39 is 11.9 Å². The number of carboxylic acid groups (broad SMARTS) is 1. The highest BCUT2D eigenvalue weighted by Crippen LogP contribution is 2.37. The summed E-state index contributed by atoms with van der Waals surface area (Å²) in [5, 5.41) is 8.94. The smallest absolute Gasteiger partial charge is 0.310 e. The molecule has 1 heterocycles. The van der Waals surface area contributed by atoms with E-state index in [0.717, 1.165) is 0 Å². The number of carboxylic acids is 1. The normalized spacial score (nSPS) is 15.8. The van der Waals surface area contributed by atoms with E-state index in [9.17, 15) is 4.79 Å². The summed E-state index contributed by atoms with van der Waals surface area (Å²) in [5.74, 6) is -0.246. The molecule has 80 valence electrons. The van der Waals surface area contributed by atoms with Crippen molar-refractivity contribution >= 4 is 5.97 Å². The monoisotopic (exact) mass is 208 g/mol. The van der Waals surface area contributed by atoms with Gasteiger partial charge in [0.2, 0.25) is 0 Å². The molecule has 0 saturated heterocycles. The van der Waals surface area contributed by atoms with Gasteiger partial charge in [0.05, 0.1) is 5.92 Å². The zero-order valence-electron chi connectivity index (χ0n) is 8.40. The van der Waals surface area contributed by atoms with E-state index in [2.05, 4.69) is 0 Å². The maximum Gasteiger partial charge on any atom is 0.310 e. The Morgan fingerprint density at radius 1 is 1.40 bits per heavy atom. The van der Waals surface area contributed by atoms with Crippen LogP contribution in [0.25, 0.3) is 0 Å². The molecule has 0 bridgehead atoms. The van der Waals surface area contributed by atoms with E-state index in [0.29, 0.717) is 30.3 Å². The Labute approximate surface area is 87.4 Å². The lowest BCUT2D eigenvalue weighted by atomic mass is 10.00. The molecule has 1 atom stereocenters. The number of ether oxygens (including phenoxy) is 2. The van der Waals surface area contributed by atoms with Crippen LogP contribution in [0.5, 0.6) is 11.5 Å². The molecule has 1 aromatic carbocycles. The second-order valence-electron chi connectivity index (χ2n) is 3.43. The van der Waals surface area contributed by atoms with Crippen LogP contribution < -0.4 is 9.47 Å². The fraction of sp³-hybridized carbons (Fsp3) is 0.364. The second-order valence-corrected chi connectivity index (χ2v) is 3.43. The first-order valence-electron chi connectivity index (χ1n) is 4.81. The standard InChI is InChI=1S/C11H12O4/c1-7(11(12)13)8-3-2-4-9-10(8)15-6-5-14-9/h2-4,7H,5-6H2,1H3,(H,12,13). The number of hydrogen-bond donors (Lipinski definition) is 1. The molecule has 0 radical (unpaired) electrons. The third-order valence-electron chi connectivity index (χ3n) is 2.43. The number of rotatable bonds is 2. The molecule has 2 rings (SSSR count). The van der Waals surface area contributed by atoms with Crippen molar-refractivity contribution in [3.8, 4) is 11.5 Å². The highest BCUT2D eigenvalue weighted by molar-refractivity contribution is 5.77. The molecular weight excluding hydrogens is 196 g/mol. The van der Waals surface area contributed by atoms with Crippen molar-refractivity contribution in [1.29, 1.82) is 0 Å². The Morgan fingerprint density at radius 2 is 2.13 bits per heavy atom. The van der Waals surface area contributed by atoms with E-state index >= 15 is 0 Å². The van der Waals surface area contributed by atoms with Gasteiger partial charge in [0, 0.05) is 5.56 Å². The molecule has 1 aliphatic heterocycles. The maximum atomic E-state index is 10.9. The summed E-state index contributed by atoms with van der Waals surface area (Å²) < 4.78 is 10.8. The van der Waals surface area contributed by atoms with Crippen molar-refractivity contribution in [2.45, 2.75) is 12.8 Å². The van der Waals surface area contributed by atoms with Gasteiger partial charge in [-0.1, -0.05) is 12.1 Å². The van der Waals surface area contributed by atoms with Gasteiger partial charge in [-0.05, 0) is 13.0 Å². The zero-order valence-corrected chi connectivity index (χ0v) is 8.40. The fourth-order valence-corrected chi connectivity index (χ4v) is 1.57. The average Bonchev–Trinajstić information content (AvgIpc) is 2.27. The Hall–Kier alpha value is -1.71. The molecule has 0 aliphatic carbocycles. The fourth-order valence-electron chi connectivity index (χ4n) is 1.57. The summed E-state index contributed by atoms with van der Waals surface area (Å²) in [6, 6.07) is 5.32. The number of para-hydroxylation sites is 1. The molecule has 4 heteroatoms. The Kier molecular flexibility index (Phi) is 2.49. The minimum Gasteiger partial charge on any atom is -0.486 e. The molecule has 15 heavy (non-hydrogen) atoms. The third-order valence-corrected chi connectivity index (χ3v) is 2.43. The predicted molar refractivity (Wildman–Crippen MR) is 53.5 cm³/mol. The minimum atomic E-state index is -0.863. The Bertz CT molecular complexity index is 386. The van der Waals surface area contributed by atoms with Crippen molar-refractivity contribution < 1.29 is 19.4 Å². The van der Waals surface area contributed by atoms with E-state index in [4.69, 9.17) is 14.6 Å². The molecule has 0 amide bonds. The van der Waals surface area contributed by atoms with Crippen molar-refractivity contribution in [3.63, 3.8) is 0 Å². The summed E-state index contributed by atoms with van der Waals surface area (Å²) in [4.78, 5) is 10.9. The molecule has 1 aromatic rings. The van der Waals surface area contributed by atoms with Crippen LogP contribution in [0.4, 0.5) is 0 Å². The largest absolute Gasteiger partial charge is 0.486 e. The first-order chi connectivity index (χ1) is 7.20. The van der Waals surface area contributed by atoms with Crippen LogP contribution >= 0.6 is 0 Å². The van der Waals surface area contributed by atoms with Crippen molar-refractivity contribution in [2.75, 3.05) is 13.2 Å². The molecule has 4 nitrogen and oxygen atoms in total. The summed E-state index contributed by atoms with van der Waals surface area (Å²) in [5.41, 5.74) is 0.666. The van der Waals surface area contributed by atoms with Crippen LogP contribution in [0, 0.1) is 0 Å². The second kappa shape index (κ2) is 3.81. The van der Waals surface area contributed by atoms with Crippen LogP contribution in [0.15, 0.2) is 18.2 Å². The van der Waals surface area contributed by atoms with Crippen LogP contribution in [-0.4, -0.2) is 24.3 Å². The van der Waals surface area contributed by atoms with Gasteiger partial charge in [-0.2, -0.15) is 0 Å². The van der Waals surface area contributed by atoms with Crippen LogP contribution in [0.2, 0.25) is 0 Å². The number of fused-ring (bicyclic) bond motifs is 1. The van der Waals surface area contributed by atoms with Gasteiger partial charge >= 0.3 is 5.97 Å². The third kappa shape index (κ3) is 1.75. The highest BCUT2D eigenvalue weighted by atomic mass is 16.6. The van der Waals surface area contributed by atoms with E-state index in [1.165, 1.54) is 0 Å². The van der Waals surface area contributed by atoms with Crippen molar-refractivity contribution in [1.82, 2.24) is 0 Å². The first kappa shape index (κ1) is 9.83. The van der Waals surface area contributed by atoms with Gasteiger partial charge in [-0.15, -0.1) is 0 Å². The Balaban J connectivity index is 2.43. The van der Waals surface area contributed by atoms with Gasteiger partial charge in [0.15, 0.2) is 11.5 Å². The lowest BCUT2D eigenvalue weighted by molar-refractivity contribution is -0.138. The van der Waals surface area contributed by atoms with Crippen molar-refractivity contribution in [3.05, 3.63) is 23.8 Å². The highest BCUT2D eigenvalue weighted by Gasteiger charge is 2.23. The van der Waals surface area contributed by atoms with E-state index in [1.807, 2.05) is 0 Å². The SMILES string of the molecule is CC(C(=O)O)c1cccc2c1OCCO2. The molecule has 0 spiro atoms. The number of carbonyl (C=O) groups is 1. The summed E-state index contributed by atoms with van der Waals surface area (Å²) in [6.07, 6.45) is 0. The van der Waals surface area contributed by atoms with Gasteiger partial charge in [-0.25, -0.2) is 0 Å². The topological polar surface area (TPSA) is 55.8 Å². The maximum absolute atomic E-state index is 10.9. The summed E-state index contributed by atoms with van der Waals surface area (Å²) in [7, 11) is 0. The lowest BCUT2D eigenvalue weighted by Gasteiger charge is -2.22. The number of aliphatic carboxylic acids is 1. The van der Waals surface area contributed by atoms with E-state index in [-0.39, 0.29) is 0 Å². The Morgan fingerprint density at radius 3 is 2.87 bits per heavy atom. The predicted octanol–water partition coefficient (Wildman–Crippen LogP) is 1.65. The molecule has 0 aromatic heterocycles. The van der Waals surface area contributed by atoms with Crippen LogP contribution in [0.3, 0.4) is 0 Å². The quantitative estimate of drug-likeness (QED) is 0.802. The lowest BCUT2D eigenvalue weighted by Crippen LogP contribution is -2.18. The number of hydrogen-bond acceptors (Lipinski definition) is 3. The van der Waals surface area contributed by atoms with Crippen LogP contribution in [0.1, 0.15) is 18.4 Å². The van der Waals surface area contributed by atoms with Crippen molar-refractivity contribution in [2.24, 2.45) is 0 Å². The molecular formula is C11H12O4. The van der Waals surface area contributed by atoms with Gasteiger partial charge in [-0.3, -0.25) is 4.79 Å². The van der Waals surface area contributed by atoms with E-state index in [1.54, 1.807) is 25.1 Å². The van der Waals surface area contributed by atoms with Gasteiger partial charge < -0.3 is 14.6 Å². The van der Waals surface area contributed by atoms with Crippen LogP contribution in [-0.2, 0) is 4.79 Å². The molecule has 1 N–H and O–H groups in total. The first-order valence-corrected chi connectivity index (χ1v) is 4.81. The summed E-state index contributed by atoms with van der Waals surface area (Å²) in [6.45, 7) is 2.62.